The second-order valence-corrected chi connectivity index (χ2v) is 8.10. The van der Waals surface area contributed by atoms with Crippen LogP contribution >= 0.6 is 11.8 Å². The van der Waals surface area contributed by atoms with Crippen LogP contribution in [0.25, 0.3) is 0 Å². The number of thioether (sulfide) groups is 1. The highest BCUT2D eigenvalue weighted by Gasteiger charge is 2.34. The number of hydrogen-bond donors (Lipinski definition) is 1. The summed E-state index contributed by atoms with van der Waals surface area (Å²) in [4.78, 5) is 24.1. The van der Waals surface area contributed by atoms with Gasteiger partial charge in [-0.3, -0.25) is 4.79 Å². The Bertz CT molecular complexity index is 884. The Kier molecular flexibility index (Phi) is 7.77. The molecule has 0 saturated carbocycles. The third-order valence-electron chi connectivity index (χ3n) is 5.05. The molecule has 0 radical (unpaired) electrons. The first-order chi connectivity index (χ1) is 14.8. The number of aromatic nitrogens is 2. The number of hydrogen-bond acceptors (Lipinski definition) is 6. The standard InChI is InChI=1S/C21H26F3N5OS/c1-3-25-19(30)16-7-5-15(6-8-16)14-31-20-26-17(21(22,23)24)13-18(27-20)29-11-9-28(4-2)10-12-29/h5-8,13H,3-4,9-12,14H2,1-2H3,(H,25,30). The van der Waals surface area contributed by atoms with Gasteiger partial charge in [-0.2, -0.15) is 13.2 Å². The Morgan fingerprint density at radius 2 is 1.77 bits per heavy atom. The lowest BCUT2D eigenvalue weighted by Gasteiger charge is -2.35. The molecule has 1 aromatic carbocycles. The summed E-state index contributed by atoms with van der Waals surface area (Å²) in [7, 11) is 0. The van der Waals surface area contributed by atoms with Crippen LogP contribution in [0.4, 0.5) is 19.0 Å². The van der Waals surface area contributed by atoms with Gasteiger partial charge in [0.1, 0.15) is 5.82 Å². The molecule has 0 unspecified atom stereocenters. The fourth-order valence-corrected chi connectivity index (χ4v) is 4.05. The first-order valence-corrected chi connectivity index (χ1v) is 11.2. The number of anilines is 1. The Labute approximate surface area is 184 Å². The van der Waals surface area contributed by atoms with E-state index < -0.39 is 11.9 Å². The van der Waals surface area contributed by atoms with Crippen LogP contribution < -0.4 is 10.2 Å². The van der Waals surface area contributed by atoms with Crippen molar-refractivity contribution < 1.29 is 18.0 Å². The van der Waals surface area contributed by atoms with Crippen LogP contribution in [0.3, 0.4) is 0 Å². The van der Waals surface area contributed by atoms with Crippen molar-refractivity contribution in [1.29, 1.82) is 0 Å². The van der Waals surface area contributed by atoms with E-state index in [1.807, 2.05) is 11.8 Å². The lowest BCUT2D eigenvalue weighted by atomic mass is 10.1. The molecule has 31 heavy (non-hydrogen) atoms. The molecule has 2 aromatic rings. The number of nitrogens with one attached hydrogen (secondary N) is 1. The quantitative estimate of drug-likeness (QED) is 0.510. The molecule has 0 bridgehead atoms. The molecule has 1 aliphatic rings. The van der Waals surface area contributed by atoms with Crippen LogP contribution in [0.2, 0.25) is 0 Å². The average Bonchev–Trinajstić information content (AvgIpc) is 2.77. The van der Waals surface area contributed by atoms with Crippen molar-refractivity contribution in [2.75, 3.05) is 44.2 Å². The van der Waals surface area contributed by atoms with Gasteiger partial charge in [-0.05, 0) is 31.2 Å². The zero-order valence-electron chi connectivity index (χ0n) is 17.6. The van der Waals surface area contributed by atoms with Crippen LogP contribution in [-0.2, 0) is 11.9 Å². The molecule has 3 rings (SSSR count). The molecule has 6 nitrogen and oxygen atoms in total. The third-order valence-corrected chi connectivity index (χ3v) is 5.97. The topological polar surface area (TPSA) is 61.4 Å². The number of carbonyl (C=O) groups is 1. The van der Waals surface area contributed by atoms with Crippen molar-refractivity contribution in [3.8, 4) is 0 Å². The molecule has 1 aliphatic heterocycles. The molecular formula is C21H26F3N5OS. The van der Waals surface area contributed by atoms with Gasteiger partial charge in [0.05, 0.1) is 0 Å². The van der Waals surface area contributed by atoms with E-state index in [1.54, 1.807) is 24.3 Å². The summed E-state index contributed by atoms with van der Waals surface area (Å²) in [5.74, 6) is 0.558. The minimum Gasteiger partial charge on any atom is -0.354 e. The Morgan fingerprint density at radius 3 is 2.35 bits per heavy atom. The fraction of sp³-hybridized carbons (Fsp3) is 0.476. The van der Waals surface area contributed by atoms with Crippen molar-refractivity contribution in [2.24, 2.45) is 0 Å². The molecule has 0 atom stereocenters. The SMILES string of the molecule is CCNC(=O)c1ccc(CSc2nc(N3CCN(CC)CC3)cc(C(F)(F)F)n2)cc1. The first-order valence-electron chi connectivity index (χ1n) is 10.2. The van der Waals surface area contributed by atoms with Gasteiger partial charge in [0.25, 0.3) is 5.91 Å². The lowest BCUT2D eigenvalue weighted by molar-refractivity contribution is -0.141. The smallest absolute Gasteiger partial charge is 0.354 e. The van der Waals surface area contributed by atoms with Crippen molar-refractivity contribution in [3.05, 3.63) is 47.2 Å². The second-order valence-electron chi connectivity index (χ2n) is 7.16. The van der Waals surface area contributed by atoms with Crippen LogP contribution in [0.1, 0.15) is 35.5 Å². The highest BCUT2D eigenvalue weighted by molar-refractivity contribution is 7.98. The van der Waals surface area contributed by atoms with Crippen LogP contribution in [0, 0.1) is 0 Å². The molecule has 168 valence electrons. The van der Waals surface area contributed by atoms with Crippen molar-refractivity contribution in [3.63, 3.8) is 0 Å². The van der Waals surface area contributed by atoms with Gasteiger partial charge in [0.2, 0.25) is 0 Å². The maximum absolute atomic E-state index is 13.4. The van der Waals surface area contributed by atoms with Gasteiger partial charge in [0, 0.05) is 50.1 Å². The number of amides is 1. The molecule has 1 N–H and O–H groups in total. The van der Waals surface area contributed by atoms with Crippen molar-refractivity contribution in [1.82, 2.24) is 20.2 Å². The third kappa shape index (κ3) is 6.33. The summed E-state index contributed by atoms with van der Waals surface area (Å²) in [6.45, 7) is 8.23. The van der Waals surface area contributed by atoms with E-state index in [0.717, 1.165) is 43.0 Å². The molecule has 1 saturated heterocycles. The first kappa shape index (κ1) is 23.3. The maximum Gasteiger partial charge on any atom is 0.433 e. The predicted molar refractivity (Wildman–Crippen MR) is 115 cm³/mol. The number of likely N-dealkylation sites (N-methyl/N-ethyl adjacent to an activating group) is 1. The number of halogens is 3. The van der Waals surface area contributed by atoms with Gasteiger partial charge in [-0.1, -0.05) is 30.8 Å². The number of piperazine rings is 1. The van der Waals surface area contributed by atoms with Gasteiger partial charge in [-0.25, -0.2) is 9.97 Å². The summed E-state index contributed by atoms with van der Waals surface area (Å²) >= 11 is 1.15. The summed E-state index contributed by atoms with van der Waals surface area (Å²) in [6.07, 6.45) is -4.54. The van der Waals surface area contributed by atoms with Crippen LogP contribution in [-0.4, -0.2) is 60.0 Å². The summed E-state index contributed by atoms with van der Waals surface area (Å²) in [5, 5.41) is 2.82. The number of benzene rings is 1. The molecule has 0 aliphatic carbocycles. The highest BCUT2D eigenvalue weighted by Crippen LogP contribution is 2.32. The van der Waals surface area contributed by atoms with E-state index in [1.165, 1.54) is 0 Å². The fourth-order valence-electron chi connectivity index (χ4n) is 3.24. The maximum atomic E-state index is 13.4. The van der Waals surface area contributed by atoms with Crippen LogP contribution in [0.15, 0.2) is 35.5 Å². The average molecular weight is 454 g/mol. The normalized spacial score (nSPS) is 15.2. The van der Waals surface area contributed by atoms with Crippen LogP contribution in [0.5, 0.6) is 0 Å². The molecule has 1 aromatic heterocycles. The van der Waals surface area contributed by atoms with Gasteiger partial charge in [-0.15, -0.1) is 0 Å². The summed E-state index contributed by atoms with van der Waals surface area (Å²) < 4.78 is 40.2. The largest absolute Gasteiger partial charge is 0.433 e. The number of nitrogens with zero attached hydrogens (tertiary/aromatic N) is 4. The van der Waals surface area contributed by atoms with E-state index in [0.29, 0.717) is 36.8 Å². The van der Waals surface area contributed by atoms with E-state index in [4.69, 9.17) is 0 Å². The van der Waals surface area contributed by atoms with E-state index in [9.17, 15) is 18.0 Å². The minimum absolute atomic E-state index is 0.0931. The molecule has 1 fully saturated rings. The second kappa shape index (κ2) is 10.3. The number of carbonyl (C=O) groups excluding carboxylic acids is 1. The monoisotopic (exact) mass is 453 g/mol. The summed E-state index contributed by atoms with van der Waals surface area (Å²) in [5.41, 5.74) is 0.487. The molecule has 0 spiro atoms. The Hall–Kier alpha value is -2.33. The molecule has 1 amide bonds. The Balaban J connectivity index is 1.73. The highest BCUT2D eigenvalue weighted by atomic mass is 32.2. The zero-order chi connectivity index (χ0) is 22.4. The number of rotatable bonds is 7. The molecule has 2 heterocycles. The van der Waals surface area contributed by atoms with Gasteiger partial charge >= 0.3 is 6.18 Å². The van der Waals surface area contributed by atoms with Gasteiger partial charge < -0.3 is 15.1 Å². The van der Waals surface area contributed by atoms with E-state index >= 15 is 0 Å². The predicted octanol–water partition coefficient (Wildman–Crippen LogP) is 3.68. The van der Waals surface area contributed by atoms with Crippen molar-refractivity contribution in [2.45, 2.75) is 30.9 Å². The Morgan fingerprint density at radius 1 is 1.10 bits per heavy atom. The van der Waals surface area contributed by atoms with Crippen molar-refractivity contribution >= 4 is 23.5 Å². The number of alkyl halides is 3. The van der Waals surface area contributed by atoms with Gasteiger partial charge in [0.15, 0.2) is 10.9 Å². The minimum atomic E-state index is -4.54. The molecule has 10 heteroatoms. The zero-order valence-corrected chi connectivity index (χ0v) is 18.4. The van der Waals surface area contributed by atoms with E-state index in [-0.39, 0.29) is 11.1 Å². The van der Waals surface area contributed by atoms with E-state index in [2.05, 4.69) is 27.1 Å². The molecular weight excluding hydrogens is 427 g/mol. The summed E-state index contributed by atoms with van der Waals surface area (Å²) in [6, 6.07) is 8.01. The lowest BCUT2D eigenvalue weighted by Crippen LogP contribution is -2.46.